The van der Waals surface area contributed by atoms with Crippen LogP contribution in [0.25, 0.3) is 10.9 Å². The van der Waals surface area contributed by atoms with Crippen molar-refractivity contribution in [1.82, 2.24) is 4.57 Å². The number of aromatic hydroxyl groups is 1. The van der Waals surface area contributed by atoms with Crippen molar-refractivity contribution in [3.63, 3.8) is 0 Å². The van der Waals surface area contributed by atoms with Gasteiger partial charge in [-0.3, -0.25) is 4.79 Å². The molecule has 1 aromatic heterocycles. The molecule has 3 N–H and O–H groups in total. The lowest BCUT2D eigenvalue weighted by Crippen LogP contribution is -2.25. The third-order valence-corrected chi connectivity index (χ3v) is 5.58. The Balaban J connectivity index is 1.98. The van der Waals surface area contributed by atoms with Gasteiger partial charge in [-0.15, -0.1) is 0 Å². The molecule has 26 heavy (non-hydrogen) atoms. The summed E-state index contributed by atoms with van der Waals surface area (Å²) in [7, 11) is 0. The van der Waals surface area contributed by atoms with E-state index in [1.54, 1.807) is 0 Å². The molecule has 1 aliphatic rings. The first kappa shape index (κ1) is 16.7. The van der Waals surface area contributed by atoms with Gasteiger partial charge in [0.25, 0.3) is 0 Å². The molecule has 3 aromatic rings. The summed E-state index contributed by atoms with van der Waals surface area (Å²) < 4.78 is 2.31. The molecule has 1 unspecified atom stereocenters. The van der Waals surface area contributed by atoms with Crippen LogP contribution in [0.3, 0.4) is 0 Å². The number of amides is 1. The predicted molar refractivity (Wildman–Crippen MR) is 103 cm³/mol. The lowest BCUT2D eigenvalue weighted by atomic mass is 9.84. The number of primary amides is 1. The molecular weight excluding hydrogens is 324 g/mol. The topological polar surface area (TPSA) is 68.2 Å². The van der Waals surface area contributed by atoms with Gasteiger partial charge < -0.3 is 15.4 Å². The number of carbonyl (C=O) groups excluding carboxylic acids is 1. The zero-order valence-electron chi connectivity index (χ0n) is 15.0. The molecular formula is C22H24N2O2. The Kier molecular flexibility index (Phi) is 4.19. The van der Waals surface area contributed by atoms with E-state index < -0.39 is 0 Å². The largest absolute Gasteiger partial charge is 0.508 e. The van der Waals surface area contributed by atoms with Crippen molar-refractivity contribution < 1.29 is 9.90 Å². The average Bonchev–Trinajstić information content (AvgIpc) is 2.95. The lowest BCUT2D eigenvalue weighted by molar-refractivity contribution is -0.119. The third-order valence-electron chi connectivity index (χ3n) is 5.58. The van der Waals surface area contributed by atoms with E-state index in [2.05, 4.69) is 22.8 Å². The van der Waals surface area contributed by atoms with Crippen LogP contribution < -0.4 is 5.73 Å². The quantitative estimate of drug-likeness (QED) is 0.752. The van der Waals surface area contributed by atoms with Crippen LogP contribution in [0.5, 0.6) is 5.75 Å². The SMILES string of the molecule is CCc1cc2c(cc1O)c1c(n2Cc2ccccc2)CCCC1C(N)=O. The van der Waals surface area contributed by atoms with Gasteiger partial charge in [0.15, 0.2) is 0 Å². The number of hydrogen-bond donors (Lipinski definition) is 2. The second-order valence-corrected chi connectivity index (χ2v) is 7.13. The van der Waals surface area contributed by atoms with E-state index in [1.807, 2.05) is 31.2 Å². The van der Waals surface area contributed by atoms with Crippen LogP contribution in [0.2, 0.25) is 0 Å². The number of aryl methyl sites for hydroxylation is 1. The molecule has 0 spiro atoms. The normalized spacial score (nSPS) is 16.6. The van der Waals surface area contributed by atoms with Gasteiger partial charge in [-0.2, -0.15) is 0 Å². The van der Waals surface area contributed by atoms with Crippen LogP contribution in [0, 0.1) is 0 Å². The number of phenols is 1. The fourth-order valence-corrected chi connectivity index (χ4v) is 4.30. The third kappa shape index (κ3) is 2.66. The maximum Gasteiger partial charge on any atom is 0.225 e. The Morgan fingerprint density at radius 3 is 2.73 bits per heavy atom. The highest BCUT2D eigenvalue weighted by atomic mass is 16.3. The van der Waals surface area contributed by atoms with E-state index in [1.165, 1.54) is 11.3 Å². The van der Waals surface area contributed by atoms with Crippen LogP contribution in [0.15, 0.2) is 42.5 Å². The van der Waals surface area contributed by atoms with Gasteiger partial charge in [0, 0.05) is 23.1 Å². The summed E-state index contributed by atoms with van der Waals surface area (Å²) in [4.78, 5) is 12.1. The van der Waals surface area contributed by atoms with Gasteiger partial charge in [-0.25, -0.2) is 0 Å². The molecule has 4 heteroatoms. The first-order valence-electron chi connectivity index (χ1n) is 9.30. The lowest BCUT2D eigenvalue weighted by Gasteiger charge is -2.22. The predicted octanol–water partition coefficient (Wildman–Crippen LogP) is 3.86. The second-order valence-electron chi connectivity index (χ2n) is 7.13. The Morgan fingerprint density at radius 2 is 2.04 bits per heavy atom. The van der Waals surface area contributed by atoms with Crippen molar-refractivity contribution in [3.05, 3.63) is 64.8 Å². The maximum atomic E-state index is 12.1. The minimum atomic E-state index is -0.274. The molecule has 134 valence electrons. The summed E-state index contributed by atoms with van der Waals surface area (Å²) in [6, 6.07) is 14.2. The highest BCUT2D eigenvalue weighted by Gasteiger charge is 2.31. The summed E-state index contributed by atoms with van der Waals surface area (Å²) in [6.07, 6.45) is 3.44. The number of phenolic OH excluding ortho intramolecular Hbond substituents is 1. The number of hydrogen-bond acceptors (Lipinski definition) is 2. The Labute approximate surface area is 153 Å². The van der Waals surface area contributed by atoms with Crippen LogP contribution >= 0.6 is 0 Å². The number of nitrogens with two attached hydrogens (primary N) is 1. The van der Waals surface area contributed by atoms with Gasteiger partial charge in [0.05, 0.1) is 5.92 Å². The monoisotopic (exact) mass is 348 g/mol. The molecule has 2 aromatic carbocycles. The number of fused-ring (bicyclic) bond motifs is 3. The van der Waals surface area contributed by atoms with E-state index >= 15 is 0 Å². The van der Waals surface area contributed by atoms with Gasteiger partial charge in [0.2, 0.25) is 5.91 Å². The van der Waals surface area contributed by atoms with Crippen molar-refractivity contribution in [2.24, 2.45) is 5.73 Å². The standard InChI is InChI=1S/C22H24N2O2/c1-2-15-11-19-17(12-20(15)25)21-16(22(23)26)9-6-10-18(21)24(19)13-14-7-4-3-5-8-14/h3-5,7-8,11-12,16,25H,2,6,9-10,13H2,1H3,(H2,23,26). The molecule has 1 atom stereocenters. The Hall–Kier alpha value is -2.75. The molecule has 1 aliphatic carbocycles. The van der Waals surface area contributed by atoms with Crippen LogP contribution in [0.1, 0.15) is 48.1 Å². The van der Waals surface area contributed by atoms with E-state index in [-0.39, 0.29) is 11.8 Å². The molecule has 0 saturated heterocycles. The van der Waals surface area contributed by atoms with Crippen molar-refractivity contribution in [3.8, 4) is 5.75 Å². The average molecular weight is 348 g/mol. The molecule has 1 heterocycles. The van der Waals surface area contributed by atoms with Gasteiger partial charge in [-0.1, -0.05) is 37.3 Å². The van der Waals surface area contributed by atoms with Crippen molar-refractivity contribution in [2.45, 2.75) is 45.1 Å². The van der Waals surface area contributed by atoms with Crippen molar-refractivity contribution >= 4 is 16.8 Å². The molecule has 1 amide bonds. The zero-order chi connectivity index (χ0) is 18.3. The summed E-state index contributed by atoms with van der Waals surface area (Å²) in [5, 5.41) is 11.4. The van der Waals surface area contributed by atoms with Crippen LogP contribution in [0.4, 0.5) is 0 Å². The molecule has 0 saturated carbocycles. The summed E-state index contributed by atoms with van der Waals surface area (Å²) in [5.74, 6) is -0.248. The molecule has 0 aliphatic heterocycles. The van der Waals surface area contributed by atoms with Crippen LogP contribution in [-0.4, -0.2) is 15.6 Å². The number of nitrogens with zero attached hydrogens (tertiary/aromatic N) is 1. The molecule has 4 rings (SSSR count). The molecule has 4 nitrogen and oxygen atoms in total. The minimum absolute atomic E-state index is 0.273. The van der Waals surface area contributed by atoms with Gasteiger partial charge in [0.1, 0.15) is 5.75 Å². The molecule has 0 fully saturated rings. The number of carbonyl (C=O) groups is 1. The minimum Gasteiger partial charge on any atom is -0.508 e. The fraction of sp³-hybridized carbons (Fsp3) is 0.318. The maximum absolute atomic E-state index is 12.1. The van der Waals surface area contributed by atoms with Gasteiger partial charge >= 0.3 is 0 Å². The Bertz CT molecular complexity index is 973. The number of aromatic nitrogens is 1. The highest BCUT2D eigenvalue weighted by Crippen LogP contribution is 2.41. The number of rotatable bonds is 4. The van der Waals surface area contributed by atoms with E-state index in [0.717, 1.165) is 54.3 Å². The zero-order valence-corrected chi connectivity index (χ0v) is 15.0. The van der Waals surface area contributed by atoms with Crippen molar-refractivity contribution in [1.29, 1.82) is 0 Å². The summed E-state index contributed by atoms with van der Waals surface area (Å²) >= 11 is 0. The fourth-order valence-electron chi connectivity index (χ4n) is 4.30. The molecule has 0 bridgehead atoms. The van der Waals surface area contributed by atoms with Crippen molar-refractivity contribution in [2.75, 3.05) is 0 Å². The van der Waals surface area contributed by atoms with E-state index in [0.29, 0.717) is 5.75 Å². The first-order valence-corrected chi connectivity index (χ1v) is 9.30. The highest BCUT2D eigenvalue weighted by molar-refractivity contribution is 5.94. The molecule has 0 radical (unpaired) electrons. The first-order chi connectivity index (χ1) is 12.6. The smallest absolute Gasteiger partial charge is 0.225 e. The summed E-state index contributed by atoms with van der Waals surface area (Å²) in [5.41, 5.74) is 11.2. The van der Waals surface area contributed by atoms with Gasteiger partial charge in [-0.05, 0) is 54.5 Å². The van der Waals surface area contributed by atoms with E-state index in [9.17, 15) is 9.90 Å². The van der Waals surface area contributed by atoms with Crippen LogP contribution in [-0.2, 0) is 24.2 Å². The number of benzene rings is 2. The second kappa shape index (κ2) is 6.52. The van der Waals surface area contributed by atoms with E-state index in [4.69, 9.17) is 5.73 Å². The summed E-state index contributed by atoms with van der Waals surface area (Å²) in [6.45, 7) is 2.80. The Morgan fingerprint density at radius 1 is 1.27 bits per heavy atom.